The Kier molecular flexibility index (Phi) is 6.71. The standard InChI is InChI=1S/C15H18FNO3/c1-3-20-10-8-17(2)15(19)13-7-6-12(5-4-9-18)14(16)11-13/h6-7,11,18H,3,8-10H2,1-2H3. The number of halogens is 1. The van der Waals surface area contributed by atoms with Gasteiger partial charge in [0.15, 0.2) is 0 Å². The van der Waals surface area contributed by atoms with Crippen LogP contribution >= 0.6 is 0 Å². The number of nitrogens with zero attached hydrogens (tertiary/aromatic N) is 1. The molecule has 0 aliphatic heterocycles. The van der Waals surface area contributed by atoms with E-state index in [4.69, 9.17) is 9.84 Å². The third-order valence-electron chi connectivity index (χ3n) is 2.64. The second kappa shape index (κ2) is 8.31. The molecule has 4 nitrogen and oxygen atoms in total. The lowest BCUT2D eigenvalue weighted by atomic mass is 10.1. The maximum absolute atomic E-state index is 13.7. The molecule has 20 heavy (non-hydrogen) atoms. The van der Waals surface area contributed by atoms with E-state index >= 15 is 0 Å². The molecule has 0 spiro atoms. The van der Waals surface area contributed by atoms with E-state index in [1.807, 2.05) is 6.92 Å². The van der Waals surface area contributed by atoms with E-state index in [1.165, 1.54) is 17.0 Å². The molecule has 0 saturated carbocycles. The Morgan fingerprint density at radius 3 is 2.85 bits per heavy atom. The zero-order valence-electron chi connectivity index (χ0n) is 11.6. The fraction of sp³-hybridized carbons (Fsp3) is 0.400. The van der Waals surface area contributed by atoms with Crippen LogP contribution in [-0.2, 0) is 4.74 Å². The lowest BCUT2D eigenvalue weighted by Gasteiger charge is -2.17. The van der Waals surface area contributed by atoms with Gasteiger partial charge in [-0.2, -0.15) is 0 Å². The molecule has 0 heterocycles. The van der Waals surface area contributed by atoms with Crippen molar-refractivity contribution < 1.29 is 19.0 Å². The molecule has 1 rings (SSSR count). The van der Waals surface area contributed by atoms with Gasteiger partial charge in [-0.05, 0) is 25.1 Å². The predicted molar refractivity (Wildman–Crippen MR) is 73.8 cm³/mol. The van der Waals surface area contributed by atoms with E-state index in [2.05, 4.69) is 11.8 Å². The summed E-state index contributed by atoms with van der Waals surface area (Å²) in [7, 11) is 1.64. The summed E-state index contributed by atoms with van der Waals surface area (Å²) in [6, 6.07) is 4.10. The summed E-state index contributed by atoms with van der Waals surface area (Å²) in [5.41, 5.74) is 0.420. The quantitative estimate of drug-likeness (QED) is 0.652. The molecule has 0 aliphatic rings. The van der Waals surface area contributed by atoms with E-state index in [-0.39, 0.29) is 23.6 Å². The Morgan fingerprint density at radius 1 is 1.50 bits per heavy atom. The van der Waals surface area contributed by atoms with Crippen LogP contribution in [0.2, 0.25) is 0 Å². The Balaban J connectivity index is 2.76. The van der Waals surface area contributed by atoms with E-state index in [0.717, 1.165) is 6.07 Å². The number of hydrogen-bond donors (Lipinski definition) is 1. The highest BCUT2D eigenvalue weighted by Gasteiger charge is 2.13. The van der Waals surface area contributed by atoms with Gasteiger partial charge in [0.2, 0.25) is 0 Å². The van der Waals surface area contributed by atoms with Crippen LogP contribution in [0.4, 0.5) is 4.39 Å². The monoisotopic (exact) mass is 279 g/mol. The number of likely N-dealkylation sites (N-methyl/N-ethyl adjacent to an activating group) is 1. The van der Waals surface area contributed by atoms with Crippen molar-refractivity contribution in [2.75, 3.05) is 33.4 Å². The molecule has 0 atom stereocenters. The fourth-order valence-corrected chi connectivity index (χ4v) is 1.55. The minimum atomic E-state index is -0.574. The molecule has 5 heteroatoms. The van der Waals surface area contributed by atoms with Crippen LogP contribution in [-0.4, -0.2) is 49.3 Å². The number of carbonyl (C=O) groups is 1. The molecule has 0 bridgehead atoms. The van der Waals surface area contributed by atoms with Gasteiger partial charge in [-0.3, -0.25) is 4.79 Å². The molecule has 1 aromatic rings. The fourth-order valence-electron chi connectivity index (χ4n) is 1.55. The molecule has 0 saturated heterocycles. The van der Waals surface area contributed by atoms with Crippen LogP contribution in [0.5, 0.6) is 0 Å². The Labute approximate surface area is 118 Å². The van der Waals surface area contributed by atoms with Gasteiger partial charge in [-0.15, -0.1) is 0 Å². The normalized spacial score (nSPS) is 9.80. The molecular formula is C15H18FNO3. The second-order valence-corrected chi connectivity index (χ2v) is 4.08. The van der Waals surface area contributed by atoms with Crippen molar-refractivity contribution in [2.45, 2.75) is 6.92 Å². The number of ether oxygens (including phenoxy) is 1. The number of hydrogen-bond acceptors (Lipinski definition) is 3. The third kappa shape index (κ3) is 4.65. The lowest BCUT2D eigenvalue weighted by Crippen LogP contribution is -2.30. The van der Waals surface area contributed by atoms with Gasteiger partial charge in [-0.1, -0.05) is 11.8 Å². The first-order chi connectivity index (χ1) is 9.60. The Bertz CT molecular complexity index is 520. The molecule has 0 unspecified atom stereocenters. The molecule has 1 N–H and O–H groups in total. The van der Waals surface area contributed by atoms with Crippen molar-refractivity contribution in [3.8, 4) is 11.8 Å². The molecule has 1 aromatic carbocycles. The van der Waals surface area contributed by atoms with Gasteiger partial charge in [-0.25, -0.2) is 4.39 Å². The van der Waals surface area contributed by atoms with E-state index in [1.54, 1.807) is 7.05 Å². The van der Waals surface area contributed by atoms with Gasteiger partial charge in [0, 0.05) is 25.8 Å². The van der Waals surface area contributed by atoms with Crippen LogP contribution < -0.4 is 0 Å². The van der Waals surface area contributed by atoms with Gasteiger partial charge in [0.1, 0.15) is 12.4 Å². The lowest BCUT2D eigenvalue weighted by molar-refractivity contribution is 0.0709. The minimum Gasteiger partial charge on any atom is -0.384 e. The first-order valence-corrected chi connectivity index (χ1v) is 6.32. The van der Waals surface area contributed by atoms with Crippen LogP contribution in [0.3, 0.4) is 0 Å². The summed E-state index contributed by atoms with van der Waals surface area (Å²) in [5, 5.41) is 8.57. The number of amides is 1. The average Bonchev–Trinajstić information content (AvgIpc) is 2.45. The molecular weight excluding hydrogens is 261 g/mol. The summed E-state index contributed by atoms with van der Waals surface area (Å²) in [6.07, 6.45) is 0. The molecule has 0 radical (unpaired) electrons. The van der Waals surface area contributed by atoms with Crippen molar-refractivity contribution in [1.82, 2.24) is 4.90 Å². The van der Waals surface area contributed by atoms with Gasteiger partial charge < -0.3 is 14.7 Å². The van der Waals surface area contributed by atoms with Crippen LogP contribution in [0.1, 0.15) is 22.8 Å². The summed E-state index contributed by atoms with van der Waals surface area (Å²) >= 11 is 0. The predicted octanol–water partition coefficient (Wildman–Crippen LogP) is 1.28. The molecule has 0 aliphatic carbocycles. The van der Waals surface area contributed by atoms with Crippen molar-refractivity contribution in [2.24, 2.45) is 0 Å². The minimum absolute atomic E-state index is 0.160. The Morgan fingerprint density at radius 2 is 2.25 bits per heavy atom. The molecule has 0 aromatic heterocycles. The number of rotatable bonds is 5. The van der Waals surface area contributed by atoms with Crippen LogP contribution in [0.15, 0.2) is 18.2 Å². The van der Waals surface area contributed by atoms with Crippen LogP contribution in [0, 0.1) is 17.7 Å². The van der Waals surface area contributed by atoms with Crippen molar-refractivity contribution in [1.29, 1.82) is 0 Å². The van der Waals surface area contributed by atoms with Gasteiger partial charge in [0.05, 0.1) is 12.2 Å². The summed E-state index contributed by atoms with van der Waals surface area (Å²) in [4.78, 5) is 13.5. The first kappa shape index (κ1) is 16.2. The maximum atomic E-state index is 13.7. The zero-order chi connectivity index (χ0) is 15.0. The second-order valence-electron chi connectivity index (χ2n) is 4.08. The van der Waals surface area contributed by atoms with E-state index < -0.39 is 5.82 Å². The zero-order valence-corrected chi connectivity index (χ0v) is 11.6. The SMILES string of the molecule is CCOCCN(C)C(=O)c1ccc(C#CCO)c(F)c1. The van der Waals surface area contributed by atoms with Crippen molar-refractivity contribution in [3.05, 3.63) is 35.1 Å². The van der Waals surface area contributed by atoms with Crippen molar-refractivity contribution >= 4 is 5.91 Å². The smallest absolute Gasteiger partial charge is 0.253 e. The maximum Gasteiger partial charge on any atom is 0.253 e. The summed E-state index contributed by atoms with van der Waals surface area (Å²) in [6.45, 7) is 3.03. The highest BCUT2D eigenvalue weighted by Crippen LogP contribution is 2.11. The summed E-state index contributed by atoms with van der Waals surface area (Å²) < 4.78 is 18.9. The largest absolute Gasteiger partial charge is 0.384 e. The van der Waals surface area contributed by atoms with Crippen LogP contribution in [0.25, 0.3) is 0 Å². The van der Waals surface area contributed by atoms with E-state index in [0.29, 0.717) is 19.8 Å². The topological polar surface area (TPSA) is 49.8 Å². The number of carbonyl (C=O) groups excluding carboxylic acids is 1. The Hall–Kier alpha value is -1.90. The number of benzene rings is 1. The van der Waals surface area contributed by atoms with Gasteiger partial charge in [0.25, 0.3) is 5.91 Å². The summed E-state index contributed by atoms with van der Waals surface area (Å²) in [5.74, 6) is 4.00. The molecule has 0 fully saturated rings. The number of aliphatic hydroxyl groups excluding tert-OH is 1. The van der Waals surface area contributed by atoms with E-state index in [9.17, 15) is 9.18 Å². The van der Waals surface area contributed by atoms with Gasteiger partial charge >= 0.3 is 0 Å². The highest BCUT2D eigenvalue weighted by atomic mass is 19.1. The third-order valence-corrected chi connectivity index (χ3v) is 2.64. The van der Waals surface area contributed by atoms with Crippen molar-refractivity contribution in [3.63, 3.8) is 0 Å². The molecule has 108 valence electrons. The molecule has 1 amide bonds. The first-order valence-electron chi connectivity index (χ1n) is 6.32. The highest BCUT2D eigenvalue weighted by molar-refractivity contribution is 5.94. The number of aliphatic hydroxyl groups is 1. The average molecular weight is 279 g/mol.